The van der Waals surface area contributed by atoms with E-state index in [4.69, 9.17) is 9.84 Å². The molecule has 27 heavy (non-hydrogen) atoms. The molecular formula is C17H19F3N4O3. The molecule has 0 spiro atoms. The van der Waals surface area contributed by atoms with Gasteiger partial charge in [0.1, 0.15) is 18.5 Å². The number of amides is 1. The number of carbonyl (C=O) groups excluding carboxylic acids is 1. The first-order valence-corrected chi connectivity index (χ1v) is 8.44. The fourth-order valence-electron chi connectivity index (χ4n) is 2.94. The number of nitrogens with zero attached hydrogens (tertiary/aromatic N) is 3. The van der Waals surface area contributed by atoms with Crippen molar-refractivity contribution in [3.63, 3.8) is 0 Å². The molecule has 7 nitrogen and oxygen atoms in total. The summed E-state index contributed by atoms with van der Waals surface area (Å²) in [5.41, 5.74) is -0.280. The fourth-order valence-corrected chi connectivity index (χ4v) is 2.94. The number of carbonyl (C=O) groups is 1. The number of H-pyrrole nitrogens is 1. The normalized spacial score (nSPS) is 17.9. The van der Waals surface area contributed by atoms with Crippen LogP contribution in [0.2, 0.25) is 0 Å². The number of aliphatic hydroxyl groups excluding tert-OH is 1. The number of aliphatic hydroxyl groups is 1. The highest BCUT2D eigenvalue weighted by Gasteiger charge is 2.32. The van der Waals surface area contributed by atoms with Crippen molar-refractivity contribution in [1.82, 2.24) is 20.1 Å². The molecule has 10 heteroatoms. The summed E-state index contributed by atoms with van der Waals surface area (Å²) in [6, 6.07) is 4.48. The first-order valence-electron chi connectivity index (χ1n) is 8.44. The Labute approximate surface area is 153 Å². The first kappa shape index (κ1) is 19.3. The van der Waals surface area contributed by atoms with E-state index in [1.165, 1.54) is 6.07 Å². The van der Waals surface area contributed by atoms with Crippen molar-refractivity contribution in [2.45, 2.75) is 31.7 Å². The van der Waals surface area contributed by atoms with Gasteiger partial charge in [0.25, 0.3) is 0 Å². The number of hydrogen-bond acceptors (Lipinski definition) is 5. The molecule has 1 unspecified atom stereocenters. The molecule has 1 fully saturated rings. The standard InChI is InChI=1S/C17H19F3N4O3/c18-17(19,20)12-3-1-2-11(8-12)4-5-15(26)24-6-7-27-10-13(24)16-21-14(9-25)22-23-16/h1-3,8,13,25H,4-7,9-10H2,(H,21,22,23). The Bertz CT molecular complexity index is 794. The van der Waals surface area contributed by atoms with E-state index < -0.39 is 17.8 Å². The zero-order valence-electron chi connectivity index (χ0n) is 14.4. The van der Waals surface area contributed by atoms with Crippen LogP contribution in [-0.2, 0) is 28.7 Å². The van der Waals surface area contributed by atoms with E-state index in [1.54, 1.807) is 11.0 Å². The third-order valence-corrected chi connectivity index (χ3v) is 4.33. The Morgan fingerprint density at radius 2 is 2.22 bits per heavy atom. The molecule has 2 heterocycles. The molecule has 0 bridgehead atoms. The molecule has 1 atom stereocenters. The smallest absolute Gasteiger partial charge is 0.388 e. The Hall–Kier alpha value is -2.46. The fraction of sp³-hybridized carbons (Fsp3) is 0.471. The van der Waals surface area contributed by atoms with Gasteiger partial charge in [-0.05, 0) is 18.1 Å². The van der Waals surface area contributed by atoms with E-state index >= 15 is 0 Å². The van der Waals surface area contributed by atoms with Crippen molar-refractivity contribution in [1.29, 1.82) is 0 Å². The second-order valence-electron chi connectivity index (χ2n) is 6.17. The molecule has 1 amide bonds. The van der Waals surface area contributed by atoms with Crippen molar-refractivity contribution in [3.8, 4) is 0 Å². The minimum Gasteiger partial charge on any atom is -0.388 e. The summed E-state index contributed by atoms with van der Waals surface area (Å²) in [4.78, 5) is 18.3. The van der Waals surface area contributed by atoms with Crippen LogP contribution >= 0.6 is 0 Å². The average molecular weight is 384 g/mol. The lowest BCUT2D eigenvalue weighted by Crippen LogP contribution is -2.44. The van der Waals surface area contributed by atoms with Gasteiger partial charge in [-0.25, -0.2) is 4.98 Å². The molecule has 1 saturated heterocycles. The predicted octanol–water partition coefficient (Wildman–Crippen LogP) is 1.85. The summed E-state index contributed by atoms with van der Waals surface area (Å²) in [5, 5.41) is 15.7. The Morgan fingerprint density at radius 3 is 2.93 bits per heavy atom. The molecule has 2 aromatic rings. The van der Waals surface area contributed by atoms with Gasteiger partial charge in [0.05, 0.1) is 18.8 Å². The van der Waals surface area contributed by atoms with Crippen LogP contribution in [0.3, 0.4) is 0 Å². The second kappa shape index (κ2) is 8.05. The number of aromatic amines is 1. The van der Waals surface area contributed by atoms with E-state index in [2.05, 4.69) is 15.2 Å². The van der Waals surface area contributed by atoms with Gasteiger partial charge in [-0.2, -0.15) is 18.3 Å². The third-order valence-electron chi connectivity index (χ3n) is 4.33. The van der Waals surface area contributed by atoms with Gasteiger partial charge in [-0.3, -0.25) is 9.89 Å². The number of benzene rings is 1. The van der Waals surface area contributed by atoms with Gasteiger partial charge in [0.15, 0.2) is 5.82 Å². The Balaban J connectivity index is 1.67. The van der Waals surface area contributed by atoms with Gasteiger partial charge in [0.2, 0.25) is 5.91 Å². The molecule has 146 valence electrons. The van der Waals surface area contributed by atoms with Crippen molar-refractivity contribution in [2.75, 3.05) is 19.8 Å². The lowest BCUT2D eigenvalue weighted by molar-refractivity contribution is -0.140. The minimum absolute atomic E-state index is 0.0646. The SMILES string of the molecule is O=C(CCc1cccc(C(F)(F)F)c1)N1CCOCC1c1n[nH]c(CO)n1. The van der Waals surface area contributed by atoms with Gasteiger partial charge < -0.3 is 14.7 Å². The number of alkyl halides is 3. The molecule has 1 aliphatic heterocycles. The predicted molar refractivity (Wildman–Crippen MR) is 87.3 cm³/mol. The van der Waals surface area contributed by atoms with Crippen LogP contribution in [0, 0.1) is 0 Å². The van der Waals surface area contributed by atoms with Crippen molar-refractivity contribution in [3.05, 3.63) is 47.0 Å². The molecule has 1 aromatic heterocycles. The summed E-state index contributed by atoms with van der Waals surface area (Å²) in [6.07, 6.45) is -4.15. The largest absolute Gasteiger partial charge is 0.416 e. The van der Waals surface area contributed by atoms with Crippen LogP contribution in [0.5, 0.6) is 0 Å². The highest BCUT2D eigenvalue weighted by molar-refractivity contribution is 5.77. The Morgan fingerprint density at radius 1 is 1.41 bits per heavy atom. The molecule has 0 aliphatic carbocycles. The van der Waals surface area contributed by atoms with Gasteiger partial charge in [-0.15, -0.1) is 0 Å². The molecule has 2 N–H and O–H groups in total. The summed E-state index contributed by atoms with van der Waals surface area (Å²) < 4.78 is 43.8. The number of halogens is 3. The summed E-state index contributed by atoms with van der Waals surface area (Å²) in [5.74, 6) is 0.411. The maximum Gasteiger partial charge on any atom is 0.416 e. The lowest BCUT2D eigenvalue weighted by Gasteiger charge is -2.34. The van der Waals surface area contributed by atoms with Crippen molar-refractivity contribution in [2.24, 2.45) is 0 Å². The first-order chi connectivity index (χ1) is 12.9. The summed E-state index contributed by atoms with van der Waals surface area (Å²) in [7, 11) is 0. The molecule has 0 radical (unpaired) electrons. The number of aryl methyl sites for hydroxylation is 1. The minimum atomic E-state index is -4.41. The van der Waals surface area contributed by atoms with E-state index in [-0.39, 0.29) is 37.8 Å². The molecule has 1 aliphatic rings. The molecule has 1 aromatic carbocycles. The zero-order chi connectivity index (χ0) is 19.4. The van der Waals surface area contributed by atoms with E-state index in [0.29, 0.717) is 24.5 Å². The Kier molecular flexibility index (Phi) is 5.76. The maximum absolute atomic E-state index is 12.8. The summed E-state index contributed by atoms with van der Waals surface area (Å²) in [6.45, 7) is 0.625. The van der Waals surface area contributed by atoms with Crippen LogP contribution in [0.25, 0.3) is 0 Å². The quantitative estimate of drug-likeness (QED) is 0.821. The zero-order valence-corrected chi connectivity index (χ0v) is 14.4. The number of ether oxygens (including phenoxy) is 1. The van der Waals surface area contributed by atoms with Crippen LogP contribution in [-0.4, -0.2) is 50.9 Å². The van der Waals surface area contributed by atoms with Crippen molar-refractivity contribution >= 4 is 5.91 Å². The van der Waals surface area contributed by atoms with Crippen LogP contribution < -0.4 is 0 Å². The highest BCUT2D eigenvalue weighted by Crippen LogP contribution is 2.30. The van der Waals surface area contributed by atoms with Crippen molar-refractivity contribution < 1.29 is 27.8 Å². The van der Waals surface area contributed by atoms with Gasteiger partial charge >= 0.3 is 6.18 Å². The van der Waals surface area contributed by atoms with Gasteiger partial charge in [0, 0.05) is 13.0 Å². The van der Waals surface area contributed by atoms with Crippen LogP contribution in [0.4, 0.5) is 13.2 Å². The number of aromatic nitrogens is 3. The number of hydrogen-bond donors (Lipinski definition) is 2. The van der Waals surface area contributed by atoms with E-state index in [0.717, 1.165) is 12.1 Å². The number of nitrogens with one attached hydrogen (secondary N) is 1. The summed E-state index contributed by atoms with van der Waals surface area (Å²) >= 11 is 0. The number of rotatable bonds is 5. The van der Waals surface area contributed by atoms with E-state index in [1.807, 2.05) is 0 Å². The second-order valence-corrected chi connectivity index (χ2v) is 6.17. The van der Waals surface area contributed by atoms with Crippen LogP contribution in [0.15, 0.2) is 24.3 Å². The lowest BCUT2D eigenvalue weighted by atomic mass is 10.0. The van der Waals surface area contributed by atoms with E-state index in [9.17, 15) is 18.0 Å². The van der Waals surface area contributed by atoms with Gasteiger partial charge in [-0.1, -0.05) is 18.2 Å². The molecular weight excluding hydrogens is 365 g/mol. The van der Waals surface area contributed by atoms with Crippen LogP contribution in [0.1, 0.15) is 35.2 Å². The maximum atomic E-state index is 12.8. The molecule has 0 saturated carbocycles. The third kappa shape index (κ3) is 4.64. The average Bonchev–Trinajstić information content (AvgIpc) is 3.15. The molecule has 3 rings (SSSR count). The topological polar surface area (TPSA) is 91.3 Å². The monoisotopic (exact) mass is 384 g/mol. The highest BCUT2D eigenvalue weighted by atomic mass is 19.4. The number of morpholine rings is 1.